The molecule has 0 rings (SSSR count). The van der Waals surface area contributed by atoms with Crippen molar-refractivity contribution in [1.82, 2.24) is 0 Å². The van der Waals surface area contributed by atoms with Gasteiger partial charge in [0.1, 0.15) is 0 Å². The molecule has 0 saturated heterocycles. The third-order valence-corrected chi connectivity index (χ3v) is 4.38. The predicted molar refractivity (Wildman–Crippen MR) is 76.2 cm³/mol. The molecule has 0 N–H and O–H groups in total. The van der Waals surface area contributed by atoms with Crippen LogP contribution in [0.1, 0.15) is 85.5 Å². The number of hydrogen-bond donors (Lipinski definition) is 0. The molecular formula is C16H31F3. The predicted octanol–water partition coefficient (Wildman–Crippen LogP) is 6.74. The Labute approximate surface area is 117 Å². The molecule has 1 unspecified atom stereocenters. The summed E-state index contributed by atoms with van der Waals surface area (Å²) in [4.78, 5) is 0. The van der Waals surface area contributed by atoms with Gasteiger partial charge in [-0.15, -0.1) is 0 Å². The van der Waals surface area contributed by atoms with Gasteiger partial charge in [0.15, 0.2) is 0 Å². The fourth-order valence-corrected chi connectivity index (χ4v) is 2.33. The third-order valence-electron chi connectivity index (χ3n) is 4.38. The van der Waals surface area contributed by atoms with E-state index in [9.17, 15) is 13.2 Å². The van der Waals surface area contributed by atoms with E-state index in [1.54, 1.807) is 0 Å². The second-order valence-electron chi connectivity index (χ2n) is 6.56. The van der Waals surface area contributed by atoms with Crippen molar-refractivity contribution in [2.45, 2.75) is 91.7 Å². The second-order valence-corrected chi connectivity index (χ2v) is 6.56. The molecule has 0 saturated carbocycles. The van der Waals surface area contributed by atoms with Crippen molar-refractivity contribution >= 4 is 0 Å². The molecule has 0 bridgehead atoms. The molecule has 0 spiro atoms. The summed E-state index contributed by atoms with van der Waals surface area (Å²) in [7, 11) is 0. The lowest BCUT2D eigenvalue weighted by molar-refractivity contribution is -0.141. The van der Waals surface area contributed by atoms with Crippen LogP contribution in [0.5, 0.6) is 0 Å². The zero-order chi connectivity index (χ0) is 14.9. The monoisotopic (exact) mass is 280 g/mol. The summed E-state index contributed by atoms with van der Waals surface area (Å²) < 4.78 is 36.8. The number of halogens is 3. The molecule has 0 nitrogen and oxygen atoms in total. The Hall–Kier alpha value is -0.210. The van der Waals surface area contributed by atoms with Gasteiger partial charge in [0.2, 0.25) is 0 Å². The van der Waals surface area contributed by atoms with Crippen molar-refractivity contribution in [2.24, 2.45) is 11.3 Å². The molecular weight excluding hydrogens is 249 g/mol. The van der Waals surface area contributed by atoms with Gasteiger partial charge in [0.05, 0.1) is 0 Å². The molecule has 3 heteroatoms. The largest absolute Gasteiger partial charge is 0.389 e. The summed E-state index contributed by atoms with van der Waals surface area (Å²) in [5.74, 6) is 0.362. The van der Waals surface area contributed by atoms with Crippen LogP contribution in [-0.4, -0.2) is 6.18 Å². The van der Waals surface area contributed by atoms with Gasteiger partial charge in [-0.25, -0.2) is 0 Å². The van der Waals surface area contributed by atoms with E-state index in [2.05, 4.69) is 13.8 Å². The normalized spacial score (nSPS) is 14.7. The van der Waals surface area contributed by atoms with Crippen molar-refractivity contribution in [1.29, 1.82) is 0 Å². The second kappa shape index (κ2) is 8.86. The van der Waals surface area contributed by atoms with E-state index >= 15 is 0 Å². The highest BCUT2D eigenvalue weighted by molar-refractivity contribution is 4.76. The minimum atomic E-state index is -4.02. The van der Waals surface area contributed by atoms with Crippen LogP contribution in [0.2, 0.25) is 0 Å². The molecule has 0 aliphatic rings. The van der Waals surface area contributed by atoms with Gasteiger partial charge in [-0.3, -0.25) is 0 Å². The summed E-state index contributed by atoms with van der Waals surface area (Å²) in [6.07, 6.45) is 4.11. The van der Waals surface area contributed by atoms with E-state index in [-0.39, 0.29) is 11.8 Å². The molecule has 1 atom stereocenters. The molecule has 0 aromatic carbocycles. The van der Waals surface area contributed by atoms with Gasteiger partial charge in [0.25, 0.3) is 0 Å². The Kier molecular flexibility index (Phi) is 8.76. The third kappa shape index (κ3) is 10.3. The van der Waals surface area contributed by atoms with Crippen LogP contribution in [0.15, 0.2) is 0 Å². The van der Waals surface area contributed by atoms with Crippen LogP contribution in [-0.2, 0) is 0 Å². The Morgan fingerprint density at radius 1 is 0.842 bits per heavy atom. The lowest BCUT2D eigenvalue weighted by Crippen LogP contribution is -2.24. The highest BCUT2D eigenvalue weighted by Crippen LogP contribution is 2.38. The summed E-state index contributed by atoms with van der Waals surface area (Å²) in [5, 5.41) is 0. The quantitative estimate of drug-likeness (QED) is 0.389. The highest BCUT2D eigenvalue weighted by Gasteiger charge is 2.33. The van der Waals surface area contributed by atoms with Crippen LogP contribution in [0.3, 0.4) is 0 Å². The molecule has 0 heterocycles. The average molecular weight is 280 g/mol. The number of unbranched alkanes of at least 4 members (excludes halogenated alkanes) is 5. The minimum Gasteiger partial charge on any atom is -0.171 e. The number of hydrogen-bond acceptors (Lipinski definition) is 0. The topological polar surface area (TPSA) is 0 Å². The van der Waals surface area contributed by atoms with Gasteiger partial charge >= 0.3 is 6.18 Å². The zero-order valence-corrected chi connectivity index (χ0v) is 13.1. The standard InChI is InChI=1S/C16H31F3/c1-5-6-7-8-9-10-11-14(2)15(3,4)12-13-16(17,18)19/h14H,5-13H2,1-4H3. The van der Waals surface area contributed by atoms with E-state index in [1.807, 2.05) is 13.8 Å². The van der Waals surface area contributed by atoms with Crippen LogP contribution in [0.25, 0.3) is 0 Å². The van der Waals surface area contributed by atoms with Crippen LogP contribution < -0.4 is 0 Å². The summed E-state index contributed by atoms with van der Waals surface area (Å²) in [6.45, 7) is 8.24. The Balaban J connectivity index is 3.81. The lowest BCUT2D eigenvalue weighted by Gasteiger charge is -2.32. The Bertz CT molecular complexity index is 219. The molecule has 0 aliphatic carbocycles. The molecule has 0 aromatic heterocycles. The fraction of sp³-hybridized carbons (Fsp3) is 1.00. The van der Waals surface area contributed by atoms with Gasteiger partial charge < -0.3 is 0 Å². The maximum Gasteiger partial charge on any atom is 0.389 e. The molecule has 116 valence electrons. The maximum atomic E-state index is 12.3. The van der Waals surface area contributed by atoms with Gasteiger partial charge in [-0.1, -0.05) is 72.6 Å². The first-order chi connectivity index (χ1) is 8.69. The van der Waals surface area contributed by atoms with E-state index in [0.717, 1.165) is 12.8 Å². The Morgan fingerprint density at radius 3 is 1.89 bits per heavy atom. The van der Waals surface area contributed by atoms with Crippen molar-refractivity contribution in [3.8, 4) is 0 Å². The molecule has 0 aromatic rings. The number of alkyl halides is 3. The Morgan fingerprint density at radius 2 is 1.37 bits per heavy atom. The van der Waals surface area contributed by atoms with Gasteiger partial charge in [-0.2, -0.15) is 13.2 Å². The first kappa shape index (κ1) is 18.8. The smallest absolute Gasteiger partial charge is 0.171 e. The van der Waals surface area contributed by atoms with Gasteiger partial charge in [-0.05, 0) is 17.8 Å². The van der Waals surface area contributed by atoms with E-state index in [0.29, 0.717) is 5.92 Å². The van der Waals surface area contributed by atoms with Crippen LogP contribution in [0, 0.1) is 11.3 Å². The molecule has 0 amide bonds. The van der Waals surface area contributed by atoms with E-state index in [4.69, 9.17) is 0 Å². The first-order valence-corrected chi connectivity index (χ1v) is 7.76. The maximum absolute atomic E-state index is 12.3. The lowest BCUT2D eigenvalue weighted by atomic mass is 9.74. The van der Waals surface area contributed by atoms with Crippen LogP contribution >= 0.6 is 0 Å². The average Bonchev–Trinajstić information content (AvgIpc) is 2.30. The number of rotatable bonds is 10. The van der Waals surface area contributed by atoms with Crippen molar-refractivity contribution in [3.63, 3.8) is 0 Å². The first-order valence-electron chi connectivity index (χ1n) is 7.76. The minimum absolute atomic E-state index is 0.209. The zero-order valence-electron chi connectivity index (χ0n) is 13.1. The van der Waals surface area contributed by atoms with E-state index < -0.39 is 12.6 Å². The summed E-state index contributed by atoms with van der Waals surface area (Å²) in [5.41, 5.74) is -0.209. The van der Waals surface area contributed by atoms with Gasteiger partial charge in [0, 0.05) is 6.42 Å². The SMILES string of the molecule is CCCCCCCCC(C)C(C)(C)CCC(F)(F)F. The molecule has 0 radical (unpaired) electrons. The summed E-state index contributed by atoms with van der Waals surface area (Å²) in [6, 6.07) is 0. The van der Waals surface area contributed by atoms with Crippen molar-refractivity contribution in [2.75, 3.05) is 0 Å². The van der Waals surface area contributed by atoms with Crippen LogP contribution in [0.4, 0.5) is 13.2 Å². The highest BCUT2D eigenvalue weighted by atomic mass is 19.4. The molecule has 0 aliphatic heterocycles. The summed E-state index contributed by atoms with van der Waals surface area (Å²) >= 11 is 0. The van der Waals surface area contributed by atoms with Crippen molar-refractivity contribution < 1.29 is 13.2 Å². The molecule has 0 fully saturated rings. The molecule has 19 heavy (non-hydrogen) atoms. The van der Waals surface area contributed by atoms with Crippen molar-refractivity contribution in [3.05, 3.63) is 0 Å². The van der Waals surface area contributed by atoms with E-state index in [1.165, 1.54) is 32.1 Å². The fourth-order valence-electron chi connectivity index (χ4n) is 2.33.